The first kappa shape index (κ1) is 14.1. The maximum atomic E-state index is 10.8. The summed E-state index contributed by atoms with van der Waals surface area (Å²) in [7, 11) is 0. The van der Waals surface area contributed by atoms with Crippen LogP contribution in [0.25, 0.3) is 0 Å². The van der Waals surface area contributed by atoms with Gasteiger partial charge in [0.1, 0.15) is 6.04 Å². The molecule has 0 spiro atoms. The quantitative estimate of drug-likeness (QED) is 0.399. The van der Waals surface area contributed by atoms with Crippen LogP contribution in [-0.2, 0) is 4.79 Å². The Morgan fingerprint density at radius 1 is 1.47 bits per heavy atom. The third kappa shape index (κ3) is 8.15. The van der Waals surface area contributed by atoms with E-state index in [1.165, 1.54) is 0 Å². The number of aliphatic carboxylic acids is 1. The molecule has 0 fully saturated rings. The highest BCUT2D eigenvalue weighted by Gasteiger charge is 2.11. The summed E-state index contributed by atoms with van der Waals surface area (Å²) >= 11 is 0. The first-order chi connectivity index (χ1) is 7.22. The summed E-state index contributed by atoms with van der Waals surface area (Å²) in [4.78, 5) is 10.8. The van der Waals surface area contributed by atoms with E-state index in [9.17, 15) is 4.79 Å². The molecule has 3 N–H and O–H groups in total. The van der Waals surface area contributed by atoms with Crippen molar-refractivity contribution >= 4 is 5.97 Å². The highest BCUT2D eigenvalue weighted by molar-refractivity contribution is 5.75. The second-order valence-electron chi connectivity index (χ2n) is 3.42. The summed E-state index contributed by atoms with van der Waals surface area (Å²) in [5, 5.41) is 20.3. The predicted octanol–water partition coefficient (Wildman–Crippen LogP) is 1.16. The Bertz CT molecular complexity index is 192. The van der Waals surface area contributed by atoms with E-state index in [2.05, 4.69) is 12.2 Å². The summed E-state index contributed by atoms with van der Waals surface area (Å²) in [6, 6.07) is -0.631. The zero-order valence-corrected chi connectivity index (χ0v) is 9.28. The van der Waals surface area contributed by atoms with Crippen molar-refractivity contribution in [3.63, 3.8) is 0 Å². The number of hydrogen-bond donors (Lipinski definition) is 3. The molecule has 1 unspecified atom stereocenters. The van der Waals surface area contributed by atoms with Crippen molar-refractivity contribution in [3.8, 4) is 0 Å². The lowest BCUT2D eigenvalue weighted by atomic mass is 10.2. The molecule has 0 rings (SSSR count). The Morgan fingerprint density at radius 3 is 2.73 bits per heavy atom. The maximum absolute atomic E-state index is 10.8. The number of carboxylic acid groups (broad SMARTS) is 1. The number of unbranched alkanes of at least 4 members (excludes halogenated alkanes) is 2. The Labute approximate surface area is 91.0 Å². The molecule has 0 aliphatic rings. The summed E-state index contributed by atoms with van der Waals surface area (Å²) in [5.41, 5.74) is 0. The van der Waals surface area contributed by atoms with Gasteiger partial charge in [-0.2, -0.15) is 0 Å². The lowest BCUT2D eigenvalue weighted by molar-refractivity contribution is -0.138. The smallest absolute Gasteiger partial charge is 0.324 e. The van der Waals surface area contributed by atoms with E-state index >= 15 is 0 Å². The van der Waals surface area contributed by atoms with Crippen molar-refractivity contribution in [2.45, 2.75) is 38.6 Å². The van der Waals surface area contributed by atoms with Crippen molar-refractivity contribution in [3.05, 3.63) is 12.2 Å². The normalized spacial score (nSPS) is 13.2. The highest BCUT2D eigenvalue weighted by atomic mass is 16.4. The van der Waals surface area contributed by atoms with Gasteiger partial charge in [0.15, 0.2) is 0 Å². The van der Waals surface area contributed by atoms with Crippen LogP contribution in [0.3, 0.4) is 0 Å². The van der Waals surface area contributed by atoms with E-state index in [0.717, 1.165) is 19.3 Å². The second-order valence-corrected chi connectivity index (χ2v) is 3.42. The molecule has 15 heavy (non-hydrogen) atoms. The standard InChI is InChI=1S/C11H21NO3/c1-2-3-5-8-12-10(11(14)15)7-4-6-9-13/h4,7,10,12-13H,2-3,5-6,8-9H2,1H3,(H,14,15). The Hall–Kier alpha value is -0.870. The third-order valence-electron chi connectivity index (χ3n) is 2.03. The van der Waals surface area contributed by atoms with Crippen LogP contribution in [0.15, 0.2) is 12.2 Å². The molecule has 0 aromatic rings. The fourth-order valence-corrected chi connectivity index (χ4v) is 1.18. The molecule has 0 heterocycles. The molecule has 0 saturated carbocycles. The fourth-order valence-electron chi connectivity index (χ4n) is 1.18. The zero-order chi connectivity index (χ0) is 11.5. The predicted molar refractivity (Wildman–Crippen MR) is 59.8 cm³/mol. The number of hydrogen-bond acceptors (Lipinski definition) is 3. The van der Waals surface area contributed by atoms with Crippen molar-refractivity contribution < 1.29 is 15.0 Å². The number of nitrogens with one attached hydrogen (secondary N) is 1. The number of carboxylic acids is 1. The van der Waals surface area contributed by atoms with Gasteiger partial charge in [0.2, 0.25) is 0 Å². The van der Waals surface area contributed by atoms with E-state index in [4.69, 9.17) is 10.2 Å². The SMILES string of the molecule is CCCCCNC(C=CCCO)C(=O)O. The van der Waals surface area contributed by atoms with Crippen LogP contribution in [0.4, 0.5) is 0 Å². The minimum absolute atomic E-state index is 0.0542. The van der Waals surface area contributed by atoms with Crippen LogP contribution in [0.5, 0.6) is 0 Å². The number of aliphatic hydroxyl groups is 1. The van der Waals surface area contributed by atoms with Crippen LogP contribution < -0.4 is 5.32 Å². The number of rotatable bonds is 9. The molecular weight excluding hydrogens is 194 g/mol. The summed E-state index contributed by atoms with van der Waals surface area (Å²) < 4.78 is 0. The first-order valence-corrected chi connectivity index (χ1v) is 5.46. The van der Waals surface area contributed by atoms with Crippen molar-refractivity contribution in [1.29, 1.82) is 0 Å². The van der Waals surface area contributed by atoms with Gasteiger partial charge >= 0.3 is 5.97 Å². The molecule has 4 nitrogen and oxygen atoms in total. The minimum atomic E-state index is -0.874. The van der Waals surface area contributed by atoms with Gasteiger partial charge in [0, 0.05) is 6.61 Å². The van der Waals surface area contributed by atoms with Crippen LogP contribution >= 0.6 is 0 Å². The molecule has 0 amide bonds. The highest BCUT2D eigenvalue weighted by Crippen LogP contribution is 1.94. The zero-order valence-electron chi connectivity index (χ0n) is 9.28. The molecule has 4 heteroatoms. The van der Waals surface area contributed by atoms with E-state index in [1.54, 1.807) is 12.2 Å². The third-order valence-corrected chi connectivity index (χ3v) is 2.03. The molecule has 0 aromatic carbocycles. The van der Waals surface area contributed by atoms with Gasteiger partial charge in [0.05, 0.1) is 0 Å². The topological polar surface area (TPSA) is 69.6 Å². The Balaban J connectivity index is 3.78. The Kier molecular flexibility index (Phi) is 9.11. The molecule has 1 atom stereocenters. The molecule has 0 bridgehead atoms. The van der Waals surface area contributed by atoms with Crippen molar-refractivity contribution in [1.82, 2.24) is 5.32 Å². The second kappa shape index (κ2) is 9.68. The number of aliphatic hydroxyl groups excluding tert-OH is 1. The monoisotopic (exact) mass is 215 g/mol. The molecule has 0 saturated heterocycles. The largest absolute Gasteiger partial charge is 0.480 e. The molecular formula is C11H21NO3. The first-order valence-electron chi connectivity index (χ1n) is 5.46. The minimum Gasteiger partial charge on any atom is -0.480 e. The van der Waals surface area contributed by atoms with Gasteiger partial charge in [-0.25, -0.2) is 0 Å². The van der Waals surface area contributed by atoms with Gasteiger partial charge < -0.3 is 15.5 Å². The van der Waals surface area contributed by atoms with Crippen molar-refractivity contribution in [2.75, 3.05) is 13.2 Å². The molecule has 0 radical (unpaired) electrons. The molecule has 88 valence electrons. The average Bonchev–Trinajstić information content (AvgIpc) is 2.21. The van der Waals surface area contributed by atoms with Gasteiger partial charge in [-0.15, -0.1) is 0 Å². The lowest BCUT2D eigenvalue weighted by Gasteiger charge is -2.09. The molecule has 0 aliphatic carbocycles. The Morgan fingerprint density at radius 2 is 2.20 bits per heavy atom. The van der Waals surface area contributed by atoms with Crippen LogP contribution in [0, 0.1) is 0 Å². The fraction of sp³-hybridized carbons (Fsp3) is 0.727. The van der Waals surface area contributed by atoms with Gasteiger partial charge in [-0.05, 0) is 19.4 Å². The molecule has 0 aliphatic heterocycles. The lowest BCUT2D eigenvalue weighted by Crippen LogP contribution is -2.35. The average molecular weight is 215 g/mol. The summed E-state index contributed by atoms with van der Waals surface area (Å²) in [5.74, 6) is -0.874. The van der Waals surface area contributed by atoms with Crippen LogP contribution in [0.2, 0.25) is 0 Å². The van der Waals surface area contributed by atoms with E-state index in [0.29, 0.717) is 13.0 Å². The van der Waals surface area contributed by atoms with Crippen molar-refractivity contribution in [2.24, 2.45) is 0 Å². The van der Waals surface area contributed by atoms with Crippen LogP contribution in [0.1, 0.15) is 32.6 Å². The van der Waals surface area contributed by atoms with Gasteiger partial charge in [-0.3, -0.25) is 4.79 Å². The van der Waals surface area contributed by atoms with Crippen LogP contribution in [-0.4, -0.2) is 35.4 Å². The molecule has 0 aromatic heterocycles. The summed E-state index contributed by atoms with van der Waals surface area (Å²) in [6.45, 7) is 2.88. The summed E-state index contributed by atoms with van der Waals surface area (Å²) in [6.07, 6.45) is 7.00. The van der Waals surface area contributed by atoms with E-state index < -0.39 is 12.0 Å². The van der Waals surface area contributed by atoms with E-state index in [-0.39, 0.29) is 6.61 Å². The van der Waals surface area contributed by atoms with E-state index in [1.807, 2.05) is 0 Å². The van der Waals surface area contributed by atoms with Gasteiger partial charge in [-0.1, -0.05) is 31.9 Å². The van der Waals surface area contributed by atoms with Gasteiger partial charge in [0.25, 0.3) is 0 Å². The number of carbonyl (C=O) groups is 1. The maximum Gasteiger partial charge on any atom is 0.324 e.